The monoisotopic (exact) mass is 484 g/mol. The van der Waals surface area contributed by atoms with Gasteiger partial charge in [0.15, 0.2) is 11.6 Å². The maximum atomic E-state index is 15.0. The molecule has 3 aromatic rings. The second kappa shape index (κ2) is 11.6. The van der Waals surface area contributed by atoms with E-state index in [0.717, 1.165) is 25.7 Å². The lowest BCUT2D eigenvalue weighted by Gasteiger charge is -2.29. The van der Waals surface area contributed by atoms with E-state index in [1.54, 1.807) is 55.6 Å². The first-order valence-electron chi connectivity index (χ1n) is 12.1. The highest BCUT2D eigenvalue weighted by Crippen LogP contribution is 2.39. The summed E-state index contributed by atoms with van der Waals surface area (Å²) in [4.78, 5) is 0. The van der Waals surface area contributed by atoms with Crippen molar-refractivity contribution in [3.63, 3.8) is 0 Å². The largest absolute Gasteiger partial charge is 0.497 e. The Bertz CT molecular complexity index is 1120. The Labute approximate surface area is 204 Å². The molecule has 0 saturated heterocycles. The Hall–Kier alpha value is -2.99. The number of halogens is 3. The summed E-state index contributed by atoms with van der Waals surface area (Å²) in [6.45, 7) is 3.12. The number of rotatable bonds is 9. The first-order chi connectivity index (χ1) is 17.0. The van der Waals surface area contributed by atoms with E-state index in [-0.39, 0.29) is 23.9 Å². The van der Waals surface area contributed by atoms with Gasteiger partial charge in [-0.15, -0.1) is 0 Å². The second-order valence-corrected chi connectivity index (χ2v) is 8.98. The van der Waals surface area contributed by atoms with Crippen LogP contribution in [0.15, 0.2) is 54.6 Å². The van der Waals surface area contributed by atoms with Gasteiger partial charge in [-0.25, -0.2) is 13.2 Å². The maximum absolute atomic E-state index is 15.0. The van der Waals surface area contributed by atoms with E-state index < -0.39 is 11.6 Å². The third kappa shape index (κ3) is 5.99. The molecule has 1 fully saturated rings. The molecule has 0 bridgehead atoms. The molecule has 0 unspecified atom stereocenters. The molecular weight excluding hydrogens is 453 g/mol. The molecule has 3 nitrogen and oxygen atoms in total. The lowest BCUT2D eigenvalue weighted by Crippen LogP contribution is -2.20. The van der Waals surface area contributed by atoms with Crippen molar-refractivity contribution in [1.29, 1.82) is 0 Å². The molecule has 186 valence electrons. The van der Waals surface area contributed by atoms with Crippen molar-refractivity contribution < 1.29 is 27.4 Å². The van der Waals surface area contributed by atoms with E-state index in [1.807, 2.05) is 6.92 Å². The molecule has 6 heteroatoms. The summed E-state index contributed by atoms with van der Waals surface area (Å²) in [6.07, 6.45) is 3.20. The topological polar surface area (TPSA) is 27.7 Å². The van der Waals surface area contributed by atoms with Crippen LogP contribution < -0.4 is 9.47 Å². The maximum Gasteiger partial charge on any atom is 0.166 e. The first kappa shape index (κ1) is 25.1. The molecule has 4 rings (SSSR count). The van der Waals surface area contributed by atoms with Crippen molar-refractivity contribution in [1.82, 2.24) is 0 Å². The van der Waals surface area contributed by atoms with Crippen molar-refractivity contribution in [3.05, 3.63) is 83.2 Å². The van der Waals surface area contributed by atoms with Crippen LogP contribution in [0.4, 0.5) is 13.2 Å². The Morgan fingerprint density at radius 3 is 2.20 bits per heavy atom. The minimum Gasteiger partial charge on any atom is -0.497 e. The summed E-state index contributed by atoms with van der Waals surface area (Å²) < 4.78 is 60.4. The highest BCUT2D eigenvalue weighted by atomic mass is 19.2. The number of methoxy groups -OCH3 is 1. The van der Waals surface area contributed by atoms with E-state index in [2.05, 4.69) is 0 Å². The molecule has 0 aliphatic heterocycles. The van der Waals surface area contributed by atoms with Crippen molar-refractivity contribution in [2.45, 2.75) is 45.1 Å². The smallest absolute Gasteiger partial charge is 0.166 e. The zero-order valence-electron chi connectivity index (χ0n) is 20.2. The van der Waals surface area contributed by atoms with Crippen LogP contribution in [0, 0.1) is 23.4 Å². The van der Waals surface area contributed by atoms with Crippen LogP contribution in [0.5, 0.6) is 11.5 Å². The molecule has 0 amide bonds. The predicted octanol–water partition coefficient (Wildman–Crippen LogP) is 7.67. The van der Waals surface area contributed by atoms with Gasteiger partial charge in [0.25, 0.3) is 0 Å². The van der Waals surface area contributed by atoms with E-state index in [1.165, 1.54) is 6.07 Å². The summed E-state index contributed by atoms with van der Waals surface area (Å²) in [5.74, 6) is -0.489. The minimum atomic E-state index is -0.812. The summed E-state index contributed by atoms with van der Waals surface area (Å²) >= 11 is 0. The molecule has 0 aromatic heterocycles. The molecule has 3 aromatic carbocycles. The fourth-order valence-corrected chi connectivity index (χ4v) is 4.67. The zero-order chi connectivity index (χ0) is 24.8. The van der Waals surface area contributed by atoms with Crippen molar-refractivity contribution >= 4 is 0 Å². The normalized spacial score (nSPS) is 17.9. The quantitative estimate of drug-likeness (QED) is 0.312. The lowest BCUT2D eigenvalue weighted by atomic mass is 9.78. The molecule has 1 saturated carbocycles. The summed E-state index contributed by atoms with van der Waals surface area (Å²) in [5.41, 5.74) is 1.80. The minimum absolute atomic E-state index is 0.0269. The van der Waals surface area contributed by atoms with Crippen molar-refractivity contribution in [2.24, 2.45) is 5.92 Å². The zero-order valence-corrected chi connectivity index (χ0v) is 20.2. The van der Waals surface area contributed by atoms with Gasteiger partial charge in [-0.3, -0.25) is 0 Å². The van der Waals surface area contributed by atoms with Crippen molar-refractivity contribution in [2.75, 3.05) is 20.3 Å². The van der Waals surface area contributed by atoms with Gasteiger partial charge in [-0.05, 0) is 73.8 Å². The van der Waals surface area contributed by atoms with Gasteiger partial charge in [0.2, 0.25) is 0 Å². The predicted molar refractivity (Wildman–Crippen MR) is 130 cm³/mol. The van der Waals surface area contributed by atoms with Gasteiger partial charge in [-0.2, -0.15) is 0 Å². The van der Waals surface area contributed by atoms with Gasteiger partial charge < -0.3 is 14.2 Å². The molecular formula is C29H31F3O3. The lowest BCUT2D eigenvalue weighted by molar-refractivity contribution is 0.131. The molecule has 1 aliphatic carbocycles. The van der Waals surface area contributed by atoms with Crippen molar-refractivity contribution in [3.8, 4) is 22.6 Å². The van der Waals surface area contributed by atoms with E-state index in [9.17, 15) is 8.78 Å². The average molecular weight is 485 g/mol. The van der Waals surface area contributed by atoms with Crippen LogP contribution in [0.25, 0.3) is 11.1 Å². The fourth-order valence-electron chi connectivity index (χ4n) is 4.67. The van der Waals surface area contributed by atoms with Gasteiger partial charge in [0.05, 0.1) is 20.3 Å². The van der Waals surface area contributed by atoms with Gasteiger partial charge in [0, 0.05) is 23.8 Å². The SMILES string of the molecule is CCOCc1ccc(OCC2CCC(c3ccc(-c4ccc(OC)cc4)c(F)c3F)CC2)cc1F. The highest BCUT2D eigenvalue weighted by Gasteiger charge is 2.27. The van der Waals surface area contributed by atoms with E-state index in [0.29, 0.717) is 47.3 Å². The first-order valence-corrected chi connectivity index (χ1v) is 12.1. The summed E-state index contributed by atoms with van der Waals surface area (Å²) in [7, 11) is 1.56. The number of ether oxygens (including phenoxy) is 3. The Balaban J connectivity index is 1.33. The highest BCUT2D eigenvalue weighted by molar-refractivity contribution is 5.65. The van der Waals surface area contributed by atoms with Crippen LogP contribution in [0.2, 0.25) is 0 Å². The van der Waals surface area contributed by atoms with Crippen LogP contribution in [0.1, 0.15) is 49.7 Å². The van der Waals surface area contributed by atoms with Crippen LogP contribution >= 0.6 is 0 Å². The van der Waals surface area contributed by atoms with Gasteiger partial charge in [0.1, 0.15) is 17.3 Å². The second-order valence-electron chi connectivity index (χ2n) is 8.98. The molecule has 0 radical (unpaired) electrons. The Morgan fingerprint density at radius 1 is 0.829 bits per heavy atom. The van der Waals surface area contributed by atoms with E-state index >= 15 is 4.39 Å². The number of hydrogen-bond acceptors (Lipinski definition) is 3. The Morgan fingerprint density at radius 2 is 1.54 bits per heavy atom. The van der Waals surface area contributed by atoms with Crippen LogP contribution in [-0.4, -0.2) is 20.3 Å². The Kier molecular flexibility index (Phi) is 8.34. The standard InChI is InChI=1S/C29H31F3O3/c1-3-34-18-22-10-13-24(16-27(22)30)35-17-19-4-6-20(7-5-19)25-14-15-26(29(32)28(25)31)21-8-11-23(33-2)12-9-21/h8-16,19-20H,3-7,17-18H2,1-2H3. The average Bonchev–Trinajstić information content (AvgIpc) is 2.89. The molecule has 0 heterocycles. The molecule has 0 spiro atoms. The third-order valence-electron chi connectivity index (χ3n) is 6.77. The summed E-state index contributed by atoms with van der Waals surface area (Å²) in [6, 6.07) is 15.1. The number of benzene rings is 3. The van der Waals surface area contributed by atoms with Crippen LogP contribution in [-0.2, 0) is 11.3 Å². The van der Waals surface area contributed by atoms with Gasteiger partial charge in [-0.1, -0.05) is 30.3 Å². The number of hydrogen-bond donors (Lipinski definition) is 0. The molecule has 0 N–H and O–H groups in total. The van der Waals surface area contributed by atoms with E-state index in [4.69, 9.17) is 14.2 Å². The van der Waals surface area contributed by atoms with Crippen LogP contribution in [0.3, 0.4) is 0 Å². The third-order valence-corrected chi connectivity index (χ3v) is 6.77. The molecule has 35 heavy (non-hydrogen) atoms. The summed E-state index contributed by atoms with van der Waals surface area (Å²) in [5, 5.41) is 0. The molecule has 0 atom stereocenters. The fraction of sp³-hybridized carbons (Fsp3) is 0.379. The van der Waals surface area contributed by atoms with Gasteiger partial charge >= 0.3 is 0 Å². The molecule has 1 aliphatic rings.